The molecule has 0 saturated carbocycles. The minimum absolute atomic E-state index is 0.00899. The summed E-state index contributed by atoms with van der Waals surface area (Å²) >= 11 is 0. The van der Waals surface area contributed by atoms with Crippen molar-refractivity contribution in [2.75, 3.05) is 6.54 Å². The van der Waals surface area contributed by atoms with Gasteiger partial charge in [0.15, 0.2) is 8.32 Å². The fourth-order valence-corrected chi connectivity index (χ4v) is 4.47. The van der Waals surface area contributed by atoms with E-state index in [1.807, 2.05) is 31.2 Å². The molecule has 1 heterocycles. The quantitative estimate of drug-likeness (QED) is 0.708. The van der Waals surface area contributed by atoms with E-state index in [4.69, 9.17) is 4.43 Å². The molecule has 1 aliphatic rings. The summed E-state index contributed by atoms with van der Waals surface area (Å²) in [5.41, 5.74) is 2.02. The average Bonchev–Trinajstić information content (AvgIpc) is 2.84. The Morgan fingerprint density at radius 1 is 1.26 bits per heavy atom. The van der Waals surface area contributed by atoms with Gasteiger partial charge in [0.1, 0.15) is 0 Å². The summed E-state index contributed by atoms with van der Waals surface area (Å²) < 4.78 is 19.0. The molecule has 1 saturated heterocycles. The lowest BCUT2D eigenvalue weighted by Crippen LogP contribution is -2.43. The Labute approximate surface area is 144 Å². The van der Waals surface area contributed by atoms with Crippen LogP contribution in [0, 0.1) is 6.92 Å². The Bertz CT molecular complexity index is 602. The van der Waals surface area contributed by atoms with E-state index in [1.54, 1.807) is 5.41 Å². The molecule has 0 amide bonds. The van der Waals surface area contributed by atoms with Crippen LogP contribution < -0.4 is 0 Å². The topological polar surface area (TPSA) is 40.4 Å². The van der Waals surface area contributed by atoms with Gasteiger partial charge in [0.2, 0.25) is 0 Å². The summed E-state index contributed by atoms with van der Waals surface area (Å²) in [6.07, 6.45) is 0.883. The van der Waals surface area contributed by atoms with Gasteiger partial charge in [-0.25, -0.2) is 4.21 Å². The Hall–Kier alpha value is -0.913. The van der Waals surface area contributed by atoms with Crippen molar-refractivity contribution in [2.24, 2.45) is 0 Å². The summed E-state index contributed by atoms with van der Waals surface area (Å²) in [6, 6.07) is 7.81. The molecule has 2 atom stereocenters. The normalized spacial score (nSPS) is 22.2. The molecule has 1 aromatic rings. The number of hydrogen-bond donors (Lipinski definition) is 0. The van der Waals surface area contributed by atoms with Crippen molar-refractivity contribution in [1.82, 2.24) is 0 Å². The average molecular weight is 351 g/mol. The zero-order valence-corrected chi connectivity index (χ0v) is 16.9. The second-order valence-electron chi connectivity index (χ2n) is 7.69. The lowest BCUT2D eigenvalue weighted by molar-refractivity contribution is 0.222. The van der Waals surface area contributed by atoms with E-state index in [-0.39, 0.29) is 11.1 Å². The van der Waals surface area contributed by atoms with E-state index in [0.29, 0.717) is 0 Å². The van der Waals surface area contributed by atoms with E-state index in [0.717, 1.165) is 23.6 Å². The number of benzene rings is 1. The highest BCUT2D eigenvalue weighted by atomic mass is 32.2. The van der Waals surface area contributed by atoms with Gasteiger partial charge >= 0.3 is 0 Å². The largest absolute Gasteiger partial charge is 0.685 e. The molecule has 0 bridgehead atoms. The molecule has 3 nitrogen and oxygen atoms in total. The molecule has 0 aliphatic carbocycles. The molecular formula is C18H28NO2SSi-. The van der Waals surface area contributed by atoms with Crippen molar-refractivity contribution in [3.8, 4) is 0 Å². The third-order valence-electron chi connectivity index (χ3n) is 4.74. The van der Waals surface area contributed by atoms with Crippen LogP contribution in [0.4, 0.5) is 0 Å². The molecule has 1 fully saturated rings. The predicted octanol–water partition coefficient (Wildman–Crippen LogP) is 5.11. The molecule has 0 aromatic heterocycles. The SMILES string of the molecule is Cc1ccc(S(=O)/C=C2\[N-]CC[C@@H]2O[Si](C)(C)C(C)(C)C)cc1. The van der Waals surface area contributed by atoms with Gasteiger partial charge in [0.05, 0.1) is 10.8 Å². The van der Waals surface area contributed by atoms with Gasteiger partial charge in [-0.2, -0.15) is 0 Å². The van der Waals surface area contributed by atoms with Crippen LogP contribution in [0.1, 0.15) is 32.8 Å². The standard InChI is InChI=1S/C18H28NO2SSi/c1-14-7-9-15(10-8-14)22(20)13-16-17(11-12-19-16)21-23(5,6)18(2,3)4/h7-10,13,17H,11-12H2,1-6H3/q-1/b16-13-/t17-,22?/m0/s1. The van der Waals surface area contributed by atoms with Crippen molar-refractivity contribution in [3.05, 3.63) is 46.3 Å². The van der Waals surface area contributed by atoms with Crippen LogP contribution in [0.15, 0.2) is 40.3 Å². The number of nitrogens with zero attached hydrogens (tertiary/aromatic N) is 1. The first-order chi connectivity index (χ1) is 10.6. The lowest BCUT2D eigenvalue weighted by atomic mass is 10.2. The third-order valence-corrected chi connectivity index (χ3v) is 10.4. The van der Waals surface area contributed by atoms with Crippen LogP contribution >= 0.6 is 0 Å². The summed E-state index contributed by atoms with van der Waals surface area (Å²) in [7, 11) is -3.02. The zero-order valence-electron chi connectivity index (χ0n) is 15.1. The first-order valence-electron chi connectivity index (χ1n) is 8.14. The minimum Gasteiger partial charge on any atom is -0.685 e. The molecule has 1 unspecified atom stereocenters. The molecular weight excluding hydrogens is 322 g/mol. The van der Waals surface area contributed by atoms with Crippen molar-refractivity contribution >= 4 is 19.1 Å². The van der Waals surface area contributed by atoms with E-state index in [9.17, 15) is 4.21 Å². The molecule has 5 heteroatoms. The molecule has 0 radical (unpaired) electrons. The van der Waals surface area contributed by atoms with Crippen LogP contribution in [0.3, 0.4) is 0 Å². The molecule has 0 spiro atoms. The second-order valence-corrected chi connectivity index (χ2v) is 13.7. The fraction of sp³-hybridized carbons (Fsp3) is 0.556. The van der Waals surface area contributed by atoms with Crippen LogP contribution in [-0.4, -0.2) is 25.2 Å². The Morgan fingerprint density at radius 3 is 2.43 bits per heavy atom. The van der Waals surface area contributed by atoms with E-state index >= 15 is 0 Å². The Morgan fingerprint density at radius 2 is 1.87 bits per heavy atom. The van der Waals surface area contributed by atoms with Crippen molar-refractivity contribution in [3.63, 3.8) is 0 Å². The van der Waals surface area contributed by atoms with Crippen LogP contribution in [-0.2, 0) is 15.2 Å². The molecule has 1 aliphatic heterocycles. The summed E-state index contributed by atoms with van der Waals surface area (Å²) in [5, 5.41) is 6.47. The molecule has 2 rings (SSSR count). The maximum Gasteiger partial charge on any atom is 0.192 e. The number of hydrogen-bond acceptors (Lipinski definition) is 2. The predicted molar refractivity (Wildman–Crippen MR) is 101 cm³/mol. The first kappa shape index (κ1) is 18.4. The minimum atomic E-state index is -1.85. The van der Waals surface area contributed by atoms with E-state index in [2.05, 4.69) is 39.2 Å². The van der Waals surface area contributed by atoms with Gasteiger partial charge in [-0.15, -0.1) is 12.2 Å². The van der Waals surface area contributed by atoms with Gasteiger partial charge in [-0.3, -0.25) is 0 Å². The highest BCUT2D eigenvalue weighted by Crippen LogP contribution is 2.40. The third kappa shape index (κ3) is 4.55. The number of aryl methyl sites for hydroxylation is 1. The Kier molecular flexibility index (Phi) is 5.54. The maximum atomic E-state index is 12.6. The van der Waals surface area contributed by atoms with Crippen molar-refractivity contribution < 1.29 is 8.63 Å². The summed E-state index contributed by atoms with van der Waals surface area (Å²) in [4.78, 5) is 0.816. The molecule has 1 aromatic carbocycles. The maximum absolute atomic E-state index is 12.6. The van der Waals surface area contributed by atoms with Gasteiger partial charge < -0.3 is 9.74 Å². The highest BCUT2D eigenvalue weighted by Gasteiger charge is 2.39. The molecule has 128 valence electrons. The second kappa shape index (κ2) is 6.91. The smallest absolute Gasteiger partial charge is 0.192 e. The Balaban J connectivity index is 2.15. The summed E-state index contributed by atoms with van der Waals surface area (Å²) in [5.74, 6) is 0. The van der Waals surface area contributed by atoms with Crippen molar-refractivity contribution in [1.29, 1.82) is 0 Å². The fourth-order valence-electron chi connectivity index (χ4n) is 2.18. The summed E-state index contributed by atoms with van der Waals surface area (Å²) in [6.45, 7) is 14.0. The molecule has 23 heavy (non-hydrogen) atoms. The van der Waals surface area contributed by atoms with E-state index < -0.39 is 19.1 Å². The van der Waals surface area contributed by atoms with Gasteiger partial charge in [0.25, 0.3) is 0 Å². The monoisotopic (exact) mass is 350 g/mol. The van der Waals surface area contributed by atoms with Gasteiger partial charge in [0, 0.05) is 11.0 Å². The van der Waals surface area contributed by atoms with Crippen LogP contribution in [0.2, 0.25) is 18.1 Å². The van der Waals surface area contributed by atoms with Crippen LogP contribution in [0.25, 0.3) is 5.32 Å². The van der Waals surface area contributed by atoms with E-state index in [1.165, 1.54) is 5.56 Å². The zero-order chi connectivity index (χ0) is 17.3. The highest BCUT2D eigenvalue weighted by molar-refractivity contribution is 7.88. The molecule has 0 N–H and O–H groups in total. The lowest BCUT2D eigenvalue weighted by Gasteiger charge is -2.39. The van der Waals surface area contributed by atoms with Crippen molar-refractivity contribution in [2.45, 2.75) is 63.2 Å². The van der Waals surface area contributed by atoms with Gasteiger partial charge in [-0.1, -0.05) is 38.5 Å². The first-order valence-corrected chi connectivity index (χ1v) is 12.3. The van der Waals surface area contributed by atoms with Crippen LogP contribution in [0.5, 0.6) is 0 Å². The number of rotatable bonds is 4. The van der Waals surface area contributed by atoms with Gasteiger partial charge in [-0.05, 0) is 49.0 Å².